The van der Waals surface area contributed by atoms with Crippen molar-refractivity contribution < 1.29 is 9.53 Å². The summed E-state index contributed by atoms with van der Waals surface area (Å²) in [6.45, 7) is 2.62. The molecule has 0 fully saturated rings. The lowest BCUT2D eigenvalue weighted by Gasteiger charge is -2.12. The normalized spacial score (nSPS) is 10.1. The maximum Gasteiger partial charge on any atom is 0.248 e. The van der Waals surface area contributed by atoms with E-state index in [1.54, 1.807) is 13.2 Å². The number of benzene rings is 2. The molecule has 0 saturated carbocycles. The van der Waals surface area contributed by atoms with Crippen LogP contribution in [0.2, 0.25) is 0 Å². The topological polar surface area (TPSA) is 64.3 Å². The molecule has 0 heterocycles. The zero-order valence-corrected chi connectivity index (χ0v) is 11.6. The monoisotopic (exact) mass is 270 g/mol. The van der Waals surface area contributed by atoms with Gasteiger partial charge >= 0.3 is 0 Å². The molecule has 4 nitrogen and oxygen atoms in total. The van der Waals surface area contributed by atoms with Crippen molar-refractivity contribution in [3.8, 4) is 5.75 Å². The molecule has 0 saturated heterocycles. The number of hydrogen-bond donors (Lipinski definition) is 2. The van der Waals surface area contributed by atoms with Gasteiger partial charge in [0.15, 0.2) is 0 Å². The lowest BCUT2D eigenvalue weighted by atomic mass is 10.0. The number of carbonyl (C=O) groups is 1. The Hall–Kier alpha value is -2.49. The summed E-state index contributed by atoms with van der Waals surface area (Å²) in [5, 5.41) is 3.33. The molecule has 2 rings (SSSR count). The first-order valence-corrected chi connectivity index (χ1v) is 6.38. The van der Waals surface area contributed by atoms with E-state index in [0.717, 1.165) is 22.6 Å². The highest BCUT2D eigenvalue weighted by Gasteiger charge is 2.05. The quantitative estimate of drug-likeness (QED) is 0.878. The van der Waals surface area contributed by atoms with Crippen molar-refractivity contribution in [2.24, 2.45) is 5.73 Å². The lowest BCUT2D eigenvalue weighted by molar-refractivity contribution is 0.1000. The average molecular weight is 270 g/mol. The molecule has 20 heavy (non-hydrogen) atoms. The van der Waals surface area contributed by atoms with Crippen molar-refractivity contribution in [1.82, 2.24) is 0 Å². The number of nitrogens with one attached hydrogen (secondary N) is 1. The van der Waals surface area contributed by atoms with Gasteiger partial charge in [-0.25, -0.2) is 0 Å². The van der Waals surface area contributed by atoms with Gasteiger partial charge in [-0.05, 0) is 42.3 Å². The second kappa shape index (κ2) is 6.10. The highest BCUT2D eigenvalue weighted by molar-refractivity contribution is 5.93. The number of rotatable bonds is 5. The number of methoxy groups -OCH3 is 1. The van der Waals surface area contributed by atoms with E-state index in [-0.39, 0.29) is 0 Å². The average Bonchev–Trinajstić information content (AvgIpc) is 2.46. The van der Waals surface area contributed by atoms with Gasteiger partial charge in [0.05, 0.1) is 12.8 Å². The zero-order valence-electron chi connectivity index (χ0n) is 11.6. The van der Waals surface area contributed by atoms with Crippen molar-refractivity contribution in [3.05, 3.63) is 59.2 Å². The third-order valence-corrected chi connectivity index (χ3v) is 3.20. The van der Waals surface area contributed by atoms with Crippen LogP contribution in [0.3, 0.4) is 0 Å². The Morgan fingerprint density at radius 1 is 1.25 bits per heavy atom. The molecule has 0 atom stereocenters. The summed E-state index contributed by atoms with van der Waals surface area (Å²) in [6.07, 6.45) is 0. The minimum atomic E-state index is -0.405. The standard InChI is InChI=1S/C16H18N2O2/c1-11-9-12(16(17)19)7-8-13(11)10-18-14-5-3-4-6-15(14)20-2/h3-9,18H,10H2,1-2H3,(H2,17,19). The van der Waals surface area contributed by atoms with E-state index in [9.17, 15) is 4.79 Å². The Balaban J connectivity index is 2.13. The molecule has 104 valence electrons. The van der Waals surface area contributed by atoms with Crippen LogP contribution in [0.15, 0.2) is 42.5 Å². The number of para-hydroxylation sites is 2. The lowest BCUT2D eigenvalue weighted by Crippen LogP contribution is -2.12. The Morgan fingerprint density at radius 3 is 2.65 bits per heavy atom. The predicted molar refractivity (Wildman–Crippen MR) is 80.0 cm³/mol. The summed E-state index contributed by atoms with van der Waals surface area (Å²) in [6, 6.07) is 13.2. The van der Waals surface area contributed by atoms with Crippen molar-refractivity contribution in [3.63, 3.8) is 0 Å². The largest absolute Gasteiger partial charge is 0.495 e. The van der Waals surface area contributed by atoms with Crippen LogP contribution in [0.1, 0.15) is 21.5 Å². The van der Waals surface area contributed by atoms with E-state index in [1.165, 1.54) is 0 Å². The number of primary amides is 1. The predicted octanol–water partition coefficient (Wildman–Crippen LogP) is 2.71. The first kappa shape index (κ1) is 13.9. The Kier molecular flexibility index (Phi) is 4.25. The SMILES string of the molecule is COc1ccccc1NCc1ccc(C(N)=O)cc1C. The van der Waals surface area contributed by atoms with Gasteiger partial charge in [0.1, 0.15) is 5.75 Å². The molecule has 1 amide bonds. The number of aryl methyl sites for hydroxylation is 1. The fourth-order valence-electron chi connectivity index (χ4n) is 2.03. The van der Waals surface area contributed by atoms with Crippen LogP contribution < -0.4 is 15.8 Å². The van der Waals surface area contributed by atoms with Crippen LogP contribution >= 0.6 is 0 Å². The summed E-state index contributed by atoms with van der Waals surface area (Å²) < 4.78 is 5.29. The van der Waals surface area contributed by atoms with E-state index in [2.05, 4.69) is 5.32 Å². The van der Waals surface area contributed by atoms with Crippen LogP contribution in [0.4, 0.5) is 5.69 Å². The second-order valence-electron chi connectivity index (χ2n) is 4.56. The molecular formula is C16H18N2O2. The van der Waals surface area contributed by atoms with Gasteiger partial charge in [-0.15, -0.1) is 0 Å². The number of anilines is 1. The highest BCUT2D eigenvalue weighted by atomic mass is 16.5. The van der Waals surface area contributed by atoms with Crippen LogP contribution in [0.25, 0.3) is 0 Å². The molecule has 2 aromatic rings. The second-order valence-corrected chi connectivity index (χ2v) is 4.56. The maximum absolute atomic E-state index is 11.1. The van der Waals surface area contributed by atoms with Crippen LogP contribution in [0, 0.1) is 6.92 Å². The van der Waals surface area contributed by atoms with Crippen LogP contribution in [-0.4, -0.2) is 13.0 Å². The minimum absolute atomic E-state index is 0.405. The van der Waals surface area contributed by atoms with Crippen molar-refractivity contribution >= 4 is 11.6 Å². The molecule has 3 N–H and O–H groups in total. The number of carbonyl (C=O) groups excluding carboxylic acids is 1. The van der Waals surface area contributed by atoms with E-state index < -0.39 is 5.91 Å². The van der Waals surface area contributed by atoms with E-state index in [4.69, 9.17) is 10.5 Å². The Morgan fingerprint density at radius 2 is 2.00 bits per heavy atom. The molecule has 0 spiro atoms. The summed E-state index contributed by atoms with van der Waals surface area (Å²) in [5.41, 5.74) is 8.88. The Bertz CT molecular complexity index is 624. The van der Waals surface area contributed by atoms with Crippen molar-refractivity contribution in [2.75, 3.05) is 12.4 Å². The van der Waals surface area contributed by atoms with Crippen molar-refractivity contribution in [1.29, 1.82) is 0 Å². The third-order valence-electron chi connectivity index (χ3n) is 3.20. The van der Waals surface area contributed by atoms with Crippen molar-refractivity contribution in [2.45, 2.75) is 13.5 Å². The molecule has 0 bridgehead atoms. The third kappa shape index (κ3) is 3.09. The fraction of sp³-hybridized carbons (Fsp3) is 0.188. The van der Waals surface area contributed by atoms with Gasteiger partial charge in [-0.3, -0.25) is 4.79 Å². The molecule has 0 aliphatic carbocycles. The summed E-state index contributed by atoms with van der Waals surface area (Å²) in [4.78, 5) is 11.1. The molecule has 0 radical (unpaired) electrons. The molecular weight excluding hydrogens is 252 g/mol. The number of hydrogen-bond acceptors (Lipinski definition) is 3. The fourth-order valence-corrected chi connectivity index (χ4v) is 2.03. The molecule has 0 aliphatic rings. The van der Waals surface area contributed by atoms with Gasteiger partial charge in [0.2, 0.25) is 5.91 Å². The summed E-state index contributed by atoms with van der Waals surface area (Å²) in [5.74, 6) is 0.399. The maximum atomic E-state index is 11.1. The first-order valence-electron chi connectivity index (χ1n) is 6.38. The summed E-state index contributed by atoms with van der Waals surface area (Å²) >= 11 is 0. The first-order chi connectivity index (χ1) is 9.61. The number of nitrogens with two attached hydrogens (primary N) is 1. The van der Waals surface area contributed by atoms with Crippen LogP contribution in [-0.2, 0) is 6.54 Å². The molecule has 0 aromatic heterocycles. The number of ether oxygens (including phenoxy) is 1. The smallest absolute Gasteiger partial charge is 0.248 e. The zero-order chi connectivity index (χ0) is 14.5. The van der Waals surface area contributed by atoms with Crippen LogP contribution in [0.5, 0.6) is 5.75 Å². The molecule has 0 aliphatic heterocycles. The van der Waals surface area contributed by atoms with Gasteiger partial charge in [0, 0.05) is 12.1 Å². The van der Waals surface area contributed by atoms with Gasteiger partial charge in [0.25, 0.3) is 0 Å². The van der Waals surface area contributed by atoms with Gasteiger partial charge < -0.3 is 15.8 Å². The highest BCUT2D eigenvalue weighted by Crippen LogP contribution is 2.24. The van der Waals surface area contributed by atoms with E-state index in [1.807, 2.05) is 43.3 Å². The Labute approximate surface area is 118 Å². The van der Waals surface area contributed by atoms with E-state index in [0.29, 0.717) is 12.1 Å². The molecule has 0 unspecified atom stereocenters. The van der Waals surface area contributed by atoms with Gasteiger partial charge in [-0.2, -0.15) is 0 Å². The summed E-state index contributed by atoms with van der Waals surface area (Å²) in [7, 11) is 1.65. The minimum Gasteiger partial charge on any atom is -0.495 e. The molecule has 2 aromatic carbocycles. The van der Waals surface area contributed by atoms with Gasteiger partial charge in [-0.1, -0.05) is 18.2 Å². The van der Waals surface area contributed by atoms with E-state index >= 15 is 0 Å². The molecule has 4 heteroatoms. The number of amides is 1.